The molecule has 0 amide bonds. The van der Waals surface area contributed by atoms with Crippen LogP contribution in [0.15, 0.2) is 0 Å². The van der Waals surface area contributed by atoms with Gasteiger partial charge in [-0.05, 0) is 5.92 Å². The van der Waals surface area contributed by atoms with Crippen molar-refractivity contribution in [1.82, 2.24) is 0 Å². The van der Waals surface area contributed by atoms with E-state index in [4.69, 9.17) is 4.74 Å². The summed E-state index contributed by atoms with van der Waals surface area (Å²) in [6, 6.07) is 0. The summed E-state index contributed by atoms with van der Waals surface area (Å²) in [5, 5.41) is 28.7. The zero-order chi connectivity index (χ0) is 12.5. The lowest BCUT2D eigenvalue weighted by atomic mass is 9.89. The maximum absolute atomic E-state index is 11.2. The number of aliphatic hydroxyl groups excluding tert-OH is 3. The number of carbonyl (C=O) groups excluding carboxylic acids is 1. The lowest BCUT2D eigenvalue weighted by molar-refractivity contribution is -0.238. The standard InChI is InChI=1S/C9H17NO6/c1-3(2)7-5(12)4(11)6(13)8(15-7)9(14)16-10/h3-8,11-13H,10H2,1-2H3. The molecule has 1 fully saturated rings. The van der Waals surface area contributed by atoms with Gasteiger partial charge in [0.2, 0.25) is 0 Å². The largest absolute Gasteiger partial charge is 0.388 e. The highest BCUT2D eigenvalue weighted by Crippen LogP contribution is 2.26. The SMILES string of the molecule is CC(C)C1OC(C(=O)ON)C(O)C(O)C1O. The van der Waals surface area contributed by atoms with Crippen molar-refractivity contribution in [3.63, 3.8) is 0 Å². The molecule has 0 aliphatic carbocycles. The van der Waals surface area contributed by atoms with Gasteiger partial charge in [0.15, 0.2) is 6.10 Å². The second kappa shape index (κ2) is 5.07. The third-order valence-electron chi connectivity index (χ3n) is 2.66. The van der Waals surface area contributed by atoms with Crippen LogP contribution in [0.3, 0.4) is 0 Å². The van der Waals surface area contributed by atoms with Crippen molar-refractivity contribution in [2.45, 2.75) is 44.4 Å². The molecule has 16 heavy (non-hydrogen) atoms. The smallest absolute Gasteiger partial charge is 0.356 e. The minimum absolute atomic E-state index is 0.134. The van der Waals surface area contributed by atoms with E-state index >= 15 is 0 Å². The third-order valence-corrected chi connectivity index (χ3v) is 2.66. The Balaban J connectivity index is 2.85. The molecule has 7 nitrogen and oxygen atoms in total. The van der Waals surface area contributed by atoms with E-state index < -0.39 is 36.5 Å². The van der Waals surface area contributed by atoms with Crippen molar-refractivity contribution in [3.05, 3.63) is 0 Å². The van der Waals surface area contributed by atoms with Gasteiger partial charge in [0.05, 0.1) is 6.10 Å². The molecule has 1 heterocycles. The van der Waals surface area contributed by atoms with E-state index in [2.05, 4.69) is 10.7 Å². The second-order valence-electron chi connectivity index (χ2n) is 4.17. The normalized spacial score (nSPS) is 39.8. The first-order chi connectivity index (χ1) is 7.40. The molecule has 1 aliphatic heterocycles. The molecule has 1 aliphatic rings. The summed E-state index contributed by atoms with van der Waals surface area (Å²) in [6.07, 6.45) is -6.42. The molecule has 0 radical (unpaired) electrons. The van der Waals surface area contributed by atoms with Gasteiger partial charge in [0, 0.05) is 0 Å². The predicted molar refractivity (Wildman–Crippen MR) is 51.8 cm³/mol. The number of carbonyl (C=O) groups is 1. The number of hydrogen-bond acceptors (Lipinski definition) is 7. The Morgan fingerprint density at radius 1 is 1.25 bits per heavy atom. The van der Waals surface area contributed by atoms with Gasteiger partial charge in [-0.1, -0.05) is 13.8 Å². The molecule has 5 N–H and O–H groups in total. The summed E-state index contributed by atoms with van der Waals surface area (Å²) in [7, 11) is 0. The number of rotatable bonds is 2. The van der Waals surface area contributed by atoms with E-state index in [0.29, 0.717) is 0 Å². The van der Waals surface area contributed by atoms with E-state index in [-0.39, 0.29) is 5.92 Å². The summed E-state index contributed by atoms with van der Waals surface area (Å²) in [5.74, 6) is 3.57. The van der Waals surface area contributed by atoms with Crippen molar-refractivity contribution in [2.24, 2.45) is 11.8 Å². The molecule has 0 bridgehead atoms. The Morgan fingerprint density at radius 3 is 2.25 bits per heavy atom. The van der Waals surface area contributed by atoms with Gasteiger partial charge in [-0.15, -0.1) is 0 Å². The van der Waals surface area contributed by atoms with Gasteiger partial charge in [0.25, 0.3) is 0 Å². The van der Waals surface area contributed by atoms with Crippen LogP contribution >= 0.6 is 0 Å². The van der Waals surface area contributed by atoms with Crippen LogP contribution in [0.25, 0.3) is 0 Å². The molecule has 0 aromatic heterocycles. The monoisotopic (exact) mass is 235 g/mol. The highest BCUT2D eigenvalue weighted by molar-refractivity contribution is 5.75. The summed E-state index contributed by atoms with van der Waals surface area (Å²) >= 11 is 0. The van der Waals surface area contributed by atoms with Crippen LogP contribution in [0, 0.1) is 5.92 Å². The lowest BCUT2D eigenvalue weighted by Crippen LogP contribution is -2.61. The fourth-order valence-electron chi connectivity index (χ4n) is 1.72. The van der Waals surface area contributed by atoms with Gasteiger partial charge < -0.3 is 24.9 Å². The van der Waals surface area contributed by atoms with E-state index in [1.807, 2.05) is 0 Å². The molecule has 0 spiro atoms. The van der Waals surface area contributed by atoms with Gasteiger partial charge >= 0.3 is 5.97 Å². The minimum atomic E-state index is -1.55. The van der Waals surface area contributed by atoms with Crippen LogP contribution < -0.4 is 5.90 Å². The fourth-order valence-corrected chi connectivity index (χ4v) is 1.72. The first-order valence-corrected chi connectivity index (χ1v) is 5.00. The highest BCUT2D eigenvalue weighted by Gasteiger charge is 2.48. The molecule has 0 aromatic rings. The second-order valence-corrected chi connectivity index (χ2v) is 4.17. The Bertz CT molecular complexity index is 258. The minimum Gasteiger partial charge on any atom is -0.388 e. The number of hydrogen-bond donors (Lipinski definition) is 4. The highest BCUT2D eigenvalue weighted by atomic mass is 16.7. The van der Waals surface area contributed by atoms with Gasteiger partial charge in [-0.3, -0.25) is 0 Å². The average Bonchev–Trinajstić information content (AvgIpc) is 2.25. The molecule has 7 heteroatoms. The van der Waals surface area contributed by atoms with E-state index in [1.165, 1.54) is 0 Å². The Morgan fingerprint density at radius 2 is 1.81 bits per heavy atom. The maximum atomic E-state index is 11.2. The third kappa shape index (κ3) is 2.33. The molecule has 5 atom stereocenters. The first-order valence-electron chi connectivity index (χ1n) is 5.00. The van der Waals surface area contributed by atoms with Crippen molar-refractivity contribution in [1.29, 1.82) is 0 Å². The number of ether oxygens (including phenoxy) is 1. The van der Waals surface area contributed by atoms with Crippen molar-refractivity contribution >= 4 is 5.97 Å². The van der Waals surface area contributed by atoms with Crippen LogP contribution in [0.1, 0.15) is 13.8 Å². The van der Waals surface area contributed by atoms with E-state index in [0.717, 1.165) is 0 Å². The average molecular weight is 235 g/mol. The maximum Gasteiger partial charge on any atom is 0.356 e. The van der Waals surface area contributed by atoms with Crippen LogP contribution in [-0.2, 0) is 14.4 Å². The molecular weight excluding hydrogens is 218 g/mol. The molecule has 0 aromatic carbocycles. The fraction of sp³-hybridized carbons (Fsp3) is 0.889. The molecule has 0 saturated carbocycles. The Hall–Kier alpha value is -0.730. The lowest BCUT2D eigenvalue weighted by Gasteiger charge is -2.40. The molecular formula is C9H17NO6. The molecule has 94 valence electrons. The Labute approximate surface area is 92.7 Å². The van der Waals surface area contributed by atoms with Crippen molar-refractivity contribution in [2.75, 3.05) is 0 Å². The first kappa shape index (κ1) is 13.3. The predicted octanol–water partition coefficient (Wildman–Crippen LogP) is -2.09. The topological polar surface area (TPSA) is 122 Å². The zero-order valence-corrected chi connectivity index (χ0v) is 9.11. The zero-order valence-electron chi connectivity index (χ0n) is 9.11. The summed E-state index contributed by atoms with van der Waals surface area (Å²) in [4.78, 5) is 15.1. The van der Waals surface area contributed by atoms with Gasteiger partial charge in [0.1, 0.15) is 18.3 Å². The summed E-state index contributed by atoms with van der Waals surface area (Å²) < 4.78 is 5.18. The van der Waals surface area contributed by atoms with E-state index in [9.17, 15) is 20.1 Å². The van der Waals surface area contributed by atoms with Crippen LogP contribution in [-0.4, -0.2) is 51.8 Å². The van der Waals surface area contributed by atoms with Crippen molar-refractivity contribution in [3.8, 4) is 0 Å². The Kier molecular flexibility index (Phi) is 4.22. The van der Waals surface area contributed by atoms with Gasteiger partial charge in [-0.25, -0.2) is 4.79 Å². The van der Waals surface area contributed by atoms with Crippen LogP contribution in [0.5, 0.6) is 0 Å². The van der Waals surface area contributed by atoms with Crippen molar-refractivity contribution < 1.29 is 29.7 Å². The summed E-state index contributed by atoms with van der Waals surface area (Å²) in [6.45, 7) is 3.51. The quantitative estimate of drug-likeness (QED) is 0.405. The number of nitrogens with two attached hydrogens (primary N) is 1. The molecule has 5 unspecified atom stereocenters. The molecule has 1 saturated heterocycles. The van der Waals surface area contributed by atoms with E-state index in [1.54, 1.807) is 13.8 Å². The summed E-state index contributed by atoms with van der Waals surface area (Å²) in [5.41, 5.74) is 0. The number of aliphatic hydroxyl groups is 3. The van der Waals surface area contributed by atoms with Crippen LogP contribution in [0.4, 0.5) is 0 Å². The van der Waals surface area contributed by atoms with Gasteiger partial charge in [-0.2, -0.15) is 5.90 Å². The molecule has 1 rings (SSSR count). The van der Waals surface area contributed by atoms with Crippen LogP contribution in [0.2, 0.25) is 0 Å².